The largest absolute Gasteiger partial charge is 0.497 e. The third-order valence-electron chi connectivity index (χ3n) is 4.34. The summed E-state index contributed by atoms with van der Waals surface area (Å²) < 4.78 is 5.20. The number of hydrogen-bond acceptors (Lipinski definition) is 3. The van der Waals surface area contributed by atoms with Crippen molar-refractivity contribution in [2.75, 3.05) is 7.11 Å². The molecule has 0 bridgehead atoms. The molecule has 1 N–H and O–H groups in total. The van der Waals surface area contributed by atoms with E-state index < -0.39 is 6.04 Å². The van der Waals surface area contributed by atoms with Gasteiger partial charge < -0.3 is 10.1 Å². The summed E-state index contributed by atoms with van der Waals surface area (Å²) in [5, 5.41) is 2.99. The Morgan fingerprint density at radius 1 is 0.815 bits per heavy atom. The van der Waals surface area contributed by atoms with Crippen LogP contribution in [0.1, 0.15) is 38.7 Å². The summed E-state index contributed by atoms with van der Waals surface area (Å²) in [6.45, 7) is 0. The molecular formula is C23H21NO3. The molecule has 0 aliphatic rings. The molecular weight excluding hydrogens is 338 g/mol. The molecule has 136 valence electrons. The number of benzene rings is 3. The Kier molecular flexibility index (Phi) is 6.00. The number of rotatable bonds is 7. The highest BCUT2D eigenvalue weighted by Gasteiger charge is 2.20. The van der Waals surface area contributed by atoms with Crippen LogP contribution in [-0.4, -0.2) is 18.8 Å². The monoisotopic (exact) mass is 359 g/mol. The number of carbonyl (C=O) groups excluding carboxylic acids is 2. The third kappa shape index (κ3) is 4.82. The lowest BCUT2D eigenvalue weighted by Crippen LogP contribution is -2.30. The summed E-state index contributed by atoms with van der Waals surface area (Å²) in [7, 11) is 1.60. The third-order valence-corrected chi connectivity index (χ3v) is 4.34. The molecule has 0 aromatic heterocycles. The maximum absolute atomic E-state index is 12.7. The van der Waals surface area contributed by atoms with Crippen molar-refractivity contribution in [3.8, 4) is 5.75 Å². The second-order valence-corrected chi connectivity index (χ2v) is 6.16. The molecule has 4 nitrogen and oxygen atoms in total. The smallest absolute Gasteiger partial charge is 0.251 e. The summed E-state index contributed by atoms with van der Waals surface area (Å²) in [4.78, 5) is 25.3. The van der Waals surface area contributed by atoms with Gasteiger partial charge in [0.15, 0.2) is 5.78 Å². The fraction of sp³-hybridized carbons (Fsp3) is 0.130. The Balaban J connectivity index is 1.83. The standard InChI is InChI=1S/C23H21NO3/c1-27-20-14-12-17(13-15-20)21(16-22(25)18-8-4-2-5-9-18)24-23(26)19-10-6-3-7-11-19/h2-15,21H,16H2,1H3,(H,24,26)/t21-/m0/s1. The maximum Gasteiger partial charge on any atom is 0.251 e. The van der Waals surface area contributed by atoms with Crippen LogP contribution in [-0.2, 0) is 0 Å². The van der Waals surface area contributed by atoms with Crippen molar-refractivity contribution in [3.63, 3.8) is 0 Å². The predicted octanol–water partition coefficient (Wildman–Crippen LogP) is 4.44. The van der Waals surface area contributed by atoms with Crippen molar-refractivity contribution in [2.24, 2.45) is 0 Å². The van der Waals surface area contributed by atoms with Crippen molar-refractivity contribution in [1.29, 1.82) is 0 Å². The van der Waals surface area contributed by atoms with Crippen molar-refractivity contribution in [2.45, 2.75) is 12.5 Å². The normalized spacial score (nSPS) is 11.4. The Morgan fingerprint density at radius 2 is 1.37 bits per heavy atom. The Bertz CT molecular complexity index is 836. The minimum Gasteiger partial charge on any atom is -0.497 e. The summed E-state index contributed by atoms with van der Waals surface area (Å²) in [6.07, 6.45) is 0.176. The van der Waals surface area contributed by atoms with Crippen molar-refractivity contribution in [1.82, 2.24) is 5.32 Å². The summed E-state index contributed by atoms with van der Waals surface area (Å²) in [6, 6.07) is 25.0. The van der Waals surface area contributed by atoms with Crippen LogP contribution in [0.5, 0.6) is 5.75 Å². The molecule has 3 aromatic rings. The first-order chi connectivity index (χ1) is 13.2. The van der Waals surface area contributed by atoms with Gasteiger partial charge in [-0.1, -0.05) is 60.7 Å². The molecule has 0 radical (unpaired) electrons. The molecule has 1 atom stereocenters. The maximum atomic E-state index is 12.7. The lowest BCUT2D eigenvalue weighted by atomic mass is 9.97. The Hall–Kier alpha value is -3.40. The van der Waals surface area contributed by atoms with Gasteiger partial charge in [0.25, 0.3) is 5.91 Å². The van der Waals surface area contributed by atoms with E-state index >= 15 is 0 Å². The first-order valence-electron chi connectivity index (χ1n) is 8.75. The van der Waals surface area contributed by atoms with Gasteiger partial charge in [-0.05, 0) is 29.8 Å². The molecule has 0 heterocycles. The number of Topliss-reactive ketones (excluding diaryl/α,β-unsaturated/α-hetero) is 1. The topological polar surface area (TPSA) is 55.4 Å². The highest BCUT2D eigenvalue weighted by molar-refractivity contribution is 5.98. The van der Waals surface area contributed by atoms with Crippen LogP contribution in [0.25, 0.3) is 0 Å². The van der Waals surface area contributed by atoms with Crippen LogP contribution in [0, 0.1) is 0 Å². The molecule has 0 saturated heterocycles. The minimum atomic E-state index is -0.434. The zero-order valence-electron chi connectivity index (χ0n) is 15.1. The molecule has 0 unspecified atom stereocenters. The van der Waals surface area contributed by atoms with E-state index in [1.54, 1.807) is 31.4 Å². The average molecular weight is 359 g/mol. The first kappa shape index (κ1) is 18.4. The zero-order valence-corrected chi connectivity index (χ0v) is 15.1. The van der Waals surface area contributed by atoms with Gasteiger partial charge in [-0.2, -0.15) is 0 Å². The molecule has 3 rings (SSSR count). The number of ketones is 1. The number of hydrogen-bond donors (Lipinski definition) is 1. The zero-order chi connectivity index (χ0) is 19.1. The van der Waals surface area contributed by atoms with Crippen molar-refractivity contribution < 1.29 is 14.3 Å². The molecule has 1 amide bonds. The van der Waals surface area contributed by atoms with Crippen LogP contribution in [0.3, 0.4) is 0 Å². The molecule has 27 heavy (non-hydrogen) atoms. The summed E-state index contributed by atoms with van der Waals surface area (Å²) >= 11 is 0. The van der Waals surface area contributed by atoms with Gasteiger partial charge in [-0.25, -0.2) is 0 Å². The lowest BCUT2D eigenvalue weighted by Gasteiger charge is -2.19. The fourth-order valence-electron chi connectivity index (χ4n) is 2.85. The van der Waals surface area contributed by atoms with Crippen LogP contribution < -0.4 is 10.1 Å². The highest BCUT2D eigenvalue weighted by Crippen LogP contribution is 2.23. The van der Waals surface area contributed by atoms with Gasteiger partial charge in [-0.3, -0.25) is 9.59 Å². The van der Waals surface area contributed by atoms with Gasteiger partial charge >= 0.3 is 0 Å². The van der Waals surface area contributed by atoms with Gasteiger partial charge in [0, 0.05) is 17.5 Å². The van der Waals surface area contributed by atoms with Crippen LogP contribution in [0.15, 0.2) is 84.9 Å². The highest BCUT2D eigenvalue weighted by atomic mass is 16.5. The number of carbonyl (C=O) groups is 2. The van der Waals surface area contributed by atoms with Gasteiger partial charge in [0.05, 0.1) is 13.2 Å². The van der Waals surface area contributed by atoms with E-state index in [1.165, 1.54) is 0 Å². The number of amides is 1. The Labute approximate surface area is 158 Å². The first-order valence-corrected chi connectivity index (χ1v) is 8.75. The van der Waals surface area contributed by atoms with Gasteiger partial charge in [-0.15, -0.1) is 0 Å². The number of methoxy groups -OCH3 is 1. The van der Waals surface area contributed by atoms with E-state index in [9.17, 15) is 9.59 Å². The van der Waals surface area contributed by atoms with Gasteiger partial charge in [0.1, 0.15) is 5.75 Å². The molecule has 0 fully saturated rings. The lowest BCUT2D eigenvalue weighted by molar-refractivity contribution is 0.0912. The fourth-order valence-corrected chi connectivity index (χ4v) is 2.85. The predicted molar refractivity (Wildman–Crippen MR) is 105 cm³/mol. The number of ether oxygens (including phenoxy) is 1. The molecule has 3 aromatic carbocycles. The van der Waals surface area contributed by atoms with E-state index in [-0.39, 0.29) is 18.1 Å². The second-order valence-electron chi connectivity index (χ2n) is 6.16. The second kappa shape index (κ2) is 8.81. The van der Waals surface area contributed by atoms with E-state index in [4.69, 9.17) is 4.74 Å². The van der Waals surface area contributed by atoms with Crippen LogP contribution in [0.4, 0.5) is 0 Å². The molecule has 0 spiro atoms. The van der Waals surface area contributed by atoms with Crippen LogP contribution in [0.2, 0.25) is 0 Å². The van der Waals surface area contributed by atoms with E-state index in [2.05, 4.69) is 5.32 Å². The van der Waals surface area contributed by atoms with Crippen LogP contribution >= 0.6 is 0 Å². The number of nitrogens with one attached hydrogen (secondary N) is 1. The molecule has 0 aliphatic carbocycles. The summed E-state index contributed by atoms with van der Waals surface area (Å²) in [5.74, 6) is 0.489. The molecule has 0 aliphatic heterocycles. The van der Waals surface area contributed by atoms with Crippen molar-refractivity contribution >= 4 is 11.7 Å². The van der Waals surface area contributed by atoms with E-state index in [0.717, 1.165) is 11.3 Å². The van der Waals surface area contributed by atoms with E-state index in [0.29, 0.717) is 11.1 Å². The quantitative estimate of drug-likeness (QED) is 0.635. The Morgan fingerprint density at radius 3 is 1.93 bits per heavy atom. The van der Waals surface area contributed by atoms with Gasteiger partial charge in [0.2, 0.25) is 0 Å². The minimum absolute atomic E-state index is 0.0234. The van der Waals surface area contributed by atoms with E-state index in [1.807, 2.05) is 60.7 Å². The SMILES string of the molecule is COc1ccc([C@H](CC(=O)c2ccccc2)NC(=O)c2ccccc2)cc1. The molecule has 0 saturated carbocycles. The van der Waals surface area contributed by atoms with Crippen molar-refractivity contribution in [3.05, 3.63) is 102 Å². The summed E-state index contributed by atoms with van der Waals surface area (Å²) in [5.41, 5.74) is 2.04. The average Bonchev–Trinajstić information content (AvgIpc) is 2.74. The molecule has 4 heteroatoms.